The van der Waals surface area contributed by atoms with Crippen molar-refractivity contribution in [2.45, 2.75) is 33.2 Å². The van der Waals surface area contributed by atoms with E-state index in [1.165, 1.54) is 16.8 Å². The Labute approximate surface area is 95.5 Å². The molecule has 0 spiro atoms. The van der Waals surface area contributed by atoms with E-state index in [-0.39, 0.29) is 5.54 Å². The Balaban J connectivity index is 3.34. The third-order valence-electron chi connectivity index (χ3n) is 2.72. The maximum atomic E-state index is 3.77. The van der Waals surface area contributed by atoms with Gasteiger partial charge >= 0.3 is 0 Å². The molecular formula is C13H20NP. The summed E-state index contributed by atoms with van der Waals surface area (Å²) in [6, 6.07) is 0. The van der Waals surface area contributed by atoms with E-state index in [0.29, 0.717) is 0 Å². The van der Waals surface area contributed by atoms with Crippen molar-refractivity contribution >= 4 is 9.39 Å². The van der Waals surface area contributed by atoms with Gasteiger partial charge in [-0.05, 0) is 54.3 Å². The van der Waals surface area contributed by atoms with Gasteiger partial charge in [-0.15, -0.1) is 0 Å². The zero-order chi connectivity index (χ0) is 11.6. The van der Waals surface area contributed by atoms with Crippen LogP contribution in [-0.2, 0) is 0 Å². The summed E-state index contributed by atoms with van der Waals surface area (Å²) in [5, 5.41) is 0. The maximum Gasteiger partial charge on any atom is 0.0564 e. The lowest BCUT2D eigenvalue weighted by molar-refractivity contribution is 0.363. The van der Waals surface area contributed by atoms with Crippen molar-refractivity contribution in [3.05, 3.63) is 47.7 Å². The van der Waals surface area contributed by atoms with Gasteiger partial charge in [0.2, 0.25) is 0 Å². The molecule has 1 aliphatic heterocycles. The molecule has 0 radical (unpaired) electrons. The SMILES string of the molecule is C=C/C=C1\C(=C/C)C(C)=CC(C)(C)N1P. The molecule has 0 aromatic heterocycles. The summed E-state index contributed by atoms with van der Waals surface area (Å²) < 4.78 is 2.21. The summed E-state index contributed by atoms with van der Waals surface area (Å²) in [4.78, 5) is 0. The number of hydrogen-bond donors (Lipinski definition) is 0. The fourth-order valence-corrected chi connectivity index (χ4v) is 2.28. The first-order valence-electron chi connectivity index (χ1n) is 5.18. The number of hydrogen-bond acceptors (Lipinski definition) is 1. The molecule has 0 aromatic carbocycles. The summed E-state index contributed by atoms with van der Waals surface area (Å²) in [6.45, 7) is 12.4. The molecule has 1 aliphatic rings. The highest BCUT2D eigenvalue weighted by molar-refractivity contribution is 7.13. The molecule has 82 valence electrons. The van der Waals surface area contributed by atoms with Crippen LogP contribution in [0.2, 0.25) is 0 Å². The Hall–Kier alpha value is -0.810. The molecule has 0 saturated carbocycles. The van der Waals surface area contributed by atoms with Crippen LogP contribution in [0, 0.1) is 0 Å². The van der Waals surface area contributed by atoms with E-state index in [0.717, 1.165) is 0 Å². The average Bonchev–Trinajstić information content (AvgIpc) is 2.14. The topological polar surface area (TPSA) is 3.24 Å². The molecule has 0 N–H and O–H groups in total. The minimum atomic E-state index is 0.0378. The van der Waals surface area contributed by atoms with E-state index in [9.17, 15) is 0 Å². The Morgan fingerprint density at radius 1 is 1.47 bits per heavy atom. The number of rotatable bonds is 1. The number of allylic oxidation sites excluding steroid dienone is 4. The minimum Gasteiger partial charge on any atom is -0.347 e. The van der Waals surface area contributed by atoms with Crippen LogP contribution in [-0.4, -0.2) is 10.2 Å². The van der Waals surface area contributed by atoms with Crippen molar-refractivity contribution < 1.29 is 0 Å². The van der Waals surface area contributed by atoms with Crippen molar-refractivity contribution in [3.63, 3.8) is 0 Å². The Kier molecular flexibility index (Phi) is 3.57. The summed E-state index contributed by atoms with van der Waals surface area (Å²) in [5.41, 5.74) is 3.86. The van der Waals surface area contributed by atoms with Gasteiger partial charge in [0.25, 0.3) is 0 Å². The quantitative estimate of drug-likeness (QED) is 0.608. The van der Waals surface area contributed by atoms with Crippen LogP contribution < -0.4 is 0 Å². The molecule has 1 unspecified atom stereocenters. The first-order valence-corrected chi connectivity index (χ1v) is 5.70. The van der Waals surface area contributed by atoms with E-state index in [2.05, 4.69) is 66.6 Å². The second-order valence-corrected chi connectivity index (χ2v) is 4.86. The van der Waals surface area contributed by atoms with Gasteiger partial charge in [0.05, 0.1) is 5.54 Å². The molecule has 0 bridgehead atoms. The van der Waals surface area contributed by atoms with E-state index in [4.69, 9.17) is 0 Å². The fourth-order valence-electron chi connectivity index (χ4n) is 1.98. The molecule has 0 aromatic rings. The molecule has 15 heavy (non-hydrogen) atoms. The first-order chi connectivity index (χ1) is 6.94. The van der Waals surface area contributed by atoms with Gasteiger partial charge in [-0.1, -0.05) is 24.8 Å². The van der Waals surface area contributed by atoms with Gasteiger partial charge in [-0.3, -0.25) is 0 Å². The van der Waals surface area contributed by atoms with Crippen molar-refractivity contribution in [2.75, 3.05) is 0 Å². The molecule has 0 saturated heterocycles. The molecule has 2 heteroatoms. The van der Waals surface area contributed by atoms with E-state index >= 15 is 0 Å². The van der Waals surface area contributed by atoms with Crippen LogP contribution in [0.15, 0.2) is 47.7 Å². The molecule has 0 aliphatic carbocycles. The smallest absolute Gasteiger partial charge is 0.0564 e. The van der Waals surface area contributed by atoms with Gasteiger partial charge in [0.1, 0.15) is 0 Å². The molecule has 0 amide bonds. The highest BCUT2D eigenvalue weighted by atomic mass is 31.0. The lowest BCUT2D eigenvalue weighted by Crippen LogP contribution is -2.38. The summed E-state index contributed by atoms with van der Waals surface area (Å²) in [6.07, 6.45) is 8.33. The maximum absolute atomic E-state index is 3.77. The minimum absolute atomic E-state index is 0.0378. The van der Waals surface area contributed by atoms with E-state index in [1.807, 2.05) is 6.08 Å². The molecule has 0 fully saturated rings. The van der Waals surface area contributed by atoms with Gasteiger partial charge < -0.3 is 4.67 Å². The van der Waals surface area contributed by atoms with Gasteiger partial charge in [-0.25, -0.2) is 0 Å². The summed E-state index contributed by atoms with van der Waals surface area (Å²) in [5.74, 6) is 0. The van der Waals surface area contributed by atoms with Crippen molar-refractivity contribution in [1.29, 1.82) is 0 Å². The van der Waals surface area contributed by atoms with Gasteiger partial charge in [0.15, 0.2) is 0 Å². The Bertz CT molecular complexity index is 359. The third kappa shape index (κ3) is 2.23. The van der Waals surface area contributed by atoms with Gasteiger partial charge in [0, 0.05) is 5.70 Å². The monoisotopic (exact) mass is 221 g/mol. The second kappa shape index (κ2) is 4.37. The first kappa shape index (κ1) is 12.3. The predicted molar refractivity (Wildman–Crippen MR) is 71.4 cm³/mol. The largest absolute Gasteiger partial charge is 0.347 e. The van der Waals surface area contributed by atoms with Gasteiger partial charge in [-0.2, -0.15) is 0 Å². The van der Waals surface area contributed by atoms with Crippen LogP contribution >= 0.6 is 9.39 Å². The van der Waals surface area contributed by atoms with E-state index < -0.39 is 0 Å². The average molecular weight is 221 g/mol. The molecule has 1 rings (SSSR count). The van der Waals surface area contributed by atoms with Crippen LogP contribution in [0.1, 0.15) is 27.7 Å². The van der Waals surface area contributed by atoms with Crippen LogP contribution in [0.3, 0.4) is 0 Å². The lowest BCUT2D eigenvalue weighted by Gasteiger charge is -2.42. The van der Waals surface area contributed by atoms with Crippen LogP contribution in [0.5, 0.6) is 0 Å². The standard InChI is InChI=1S/C13H20NP/c1-6-8-12-11(7-2)10(3)9-13(4,5)14(12)15/h6-9H,1,15H2,2-5H3/b11-7-,12-8+. The summed E-state index contributed by atoms with van der Waals surface area (Å²) >= 11 is 0. The zero-order valence-electron chi connectivity index (χ0n) is 10.0. The number of nitrogens with zero attached hydrogens (tertiary/aromatic N) is 1. The fraction of sp³-hybridized carbons (Fsp3) is 0.385. The normalized spacial score (nSPS) is 25.7. The van der Waals surface area contributed by atoms with Crippen LogP contribution in [0.25, 0.3) is 0 Å². The van der Waals surface area contributed by atoms with Crippen molar-refractivity contribution in [1.82, 2.24) is 4.67 Å². The van der Waals surface area contributed by atoms with Crippen molar-refractivity contribution in [2.24, 2.45) is 0 Å². The molecule has 1 atom stereocenters. The molecular weight excluding hydrogens is 201 g/mol. The molecule has 1 heterocycles. The highest BCUT2D eigenvalue weighted by Crippen LogP contribution is 2.38. The zero-order valence-corrected chi connectivity index (χ0v) is 11.2. The third-order valence-corrected chi connectivity index (χ3v) is 3.66. The predicted octanol–water partition coefficient (Wildman–Crippen LogP) is 3.83. The lowest BCUT2D eigenvalue weighted by atomic mass is 9.89. The van der Waals surface area contributed by atoms with E-state index in [1.54, 1.807) is 0 Å². The Morgan fingerprint density at radius 2 is 2.07 bits per heavy atom. The van der Waals surface area contributed by atoms with Crippen molar-refractivity contribution in [3.8, 4) is 0 Å². The highest BCUT2D eigenvalue weighted by Gasteiger charge is 2.29. The van der Waals surface area contributed by atoms with Crippen LogP contribution in [0.4, 0.5) is 0 Å². The summed E-state index contributed by atoms with van der Waals surface area (Å²) in [7, 11) is 2.79. The Morgan fingerprint density at radius 3 is 2.53 bits per heavy atom. The second-order valence-electron chi connectivity index (χ2n) is 4.34. The molecule has 1 nitrogen and oxygen atoms in total.